The molecule has 1 heterocycles. The van der Waals surface area contributed by atoms with Crippen LogP contribution in [-0.4, -0.2) is 11.0 Å². The van der Waals surface area contributed by atoms with Crippen LogP contribution in [0.15, 0.2) is 36.7 Å². The van der Waals surface area contributed by atoms with E-state index in [0.717, 1.165) is 29.2 Å². The number of nitrogens with one attached hydrogen (secondary N) is 1. The molecule has 1 aromatic heterocycles. The van der Waals surface area contributed by atoms with E-state index in [1.807, 2.05) is 18.3 Å². The molecular weight excluding hydrogens is 248 g/mol. The minimum atomic E-state index is 0.457. The van der Waals surface area contributed by atoms with Gasteiger partial charge in [0.2, 0.25) is 0 Å². The predicted molar refractivity (Wildman–Crippen MR) is 82.2 cm³/mol. The van der Waals surface area contributed by atoms with Crippen molar-refractivity contribution in [3.8, 4) is 11.5 Å². The molecule has 2 rings (SSSR count). The average molecular weight is 270 g/mol. The third-order valence-electron chi connectivity index (χ3n) is 3.04. The van der Waals surface area contributed by atoms with Crippen molar-refractivity contribution < 1.29 is 4.74 Å². The zero-order chi connectivity index (χ0) is 14.5. The Labute approximate surface area is 121 Å². The van der Waals surface area contributed by atoms with Gasteiger partial charge in [-0.3, -0.25) is 4.98 Å². The molecular formula is C17H22N2O. The van der Waals surface area contributed by atoms with Gasteiger partial charge < -0.3 is 10.1 Å². The lowest BCUT2D eigenvalue weighted by Gasteiger charge is -2.11. The maximum absolute atomic E-state index is 5.92. The average Bonchev–Trinajstić information content (AvgIpc) is 2.40. The van der Waals surface area contributed by atoms with E-state index in [-0.39, 0.29) is 0 Å². The molecule has 0 aliphatic rings. The van der Waals surface area contributed by atoms with Crippen LogP contribution in [0.25, 0.3) is 0 Å². The molecule has 0 atom stereocenters. The Hall–Kier alpha value is -1.87. The van der Waals surface area contributed by atoms with E-state index in [0.29, 0.717) is 6.04 Å². The van der Waals surface area contributed by atoms with Gasteiger partial charge in [-0.1, -0.05) is 31.5 Å². The Morgan fingerprint density at radius 3 is 2.65 bits per heavy atom. The summed E-state index contributed by atoms with van der Waals surface area (Å²) in [7, 11) is 0. The zero-order valence-corrected chi connectivity index (χ0v) is 12.6. The minimum Gasteiger partial charge on any atom is -0.455 e. The van der Waals surface area contributed by atoms with E-state index in [9.17, 15) is 0 Å². The highest BCUT2D eigenvalue weighted by atomic mass is 16.5. The number of aryl methyl sites for hydroxylation is 2. The van der Waals surface area contributed by atoms with Crippen LogP contribution in [0.3, 0.4) is 0 Å². The van der Waals surface area contributed by atoms with Crippen LogP contribution in [0.5, 0.6) is 11.5 Å². The number of hydrogen-bond acceptors (Lipinski definition) is 3. The normalized spacial score (nSPS) is 10.8. The Morgan fingerprint density at radius 2 is 1.95 bits per heavy atom. The summed E-state index contributed by atoms with van der Waals surface area (Å²) >= 11 is 0. The van der Waals surface area contributed by atoms with E-state index in [1.165, 1.54) is 5.56 Å². The van der Waals surface area contributed by atoms with Crippen LogP contribution in [0, 0.1) is 13.8 Å². The smallest absolute Gasteiger partial charge is 0.146 e. The molecule has 0 fully saturated rings. The molecule has 0 bridgehead atoms. The second kappa shape index (κ2) is 6.53. The molecule has 0 amide bonds. The number of benzene rings is 1. The summed E-state index contributed by atoms with van der Waals surface area (Å²) in [6.07, 6.45) is 3.61. The SMILES string of the molecule is Cc1ccc(Oc2cncc(CNC(C)C)c2)c(C)c1. The Morgan fingerprint density at radius 1 is 1.15 bits per heavy atom. The van der Waals surface area contributed by atoms with Crippen molar-refractivity contribution in [3.05, 3.63) is 53.3 Å². The molecule has 3 nitrogen and oxygen atoms in total. The summed E-state index contributed by atoms with van der Waals surface area (Å²) in [5.41, 5.74) is 3.50. The summed E-state index contributed by atoms with van der Waals surface area (Å²) < 4.78 is 5.92. The van der Waals surface area contributed by atoms with Crippen molar-refractivity contribution >= 4 is 0 Å². The lowest BCUT2D eigenvalue weighted by Crippen LogP contribution is -2.21. The van der Waals surface area contributed by atoms with Crippen LogP contribution in [0.2, 0.25) is 0 Å². The highest BCUT2D eigenvalue weighted by Crippen LogP contribution is 2.25. The molecule has 0 saturated carbocycles. The number of ether oxygens (including phenoxy) is 1. The molecule has 1 aromatic carbocycles. The molecule has 0 saturated heterocycles. The highest BCUT2D eigenvalue weighted by Gasteiger charge is 2.04. The fraction of sp³-hybridized carbons (Fsp3) is 0.353. The Bertz CT molecular complexity index is 579. The van der Waals surface area contributed by atoms with Crippen molar-refractivity contribution in [2.75, 3.05) is 0 Å². The van der Waals surface area contributed by atoms with Gasteiger partial charge in [-0.25, -0.2) is 0 Å². The van der Waals surface area contributed by atoms with Crippen molar-refractivity contribution in [1.82, 2.24) is 10.3 Å². The van der Waals surface area contributed by atoms with E-state index in [1.54, 1.807) is 6.20 Å². The second-order valence-electron chi connectivity index (χ2n) is 5.44. The summed E-state index contributed by atoms with van der Waals surface area (Å²) in [6.45, 7) is 9.19. The number of hydrogen-bond donors (Lipinski definition) is 1. The van der Waals surface area contributed by atoms with Gasteiger partial charge in [-0.2, -0.15) is 0 Å². The maximum Gasteiger partial charge on any atom is 0.146 e. The first-order valence-corrected chi connectivity index (χ1v) is 6.97. The summed E-state index contributed by atoms with van der Waals surface area (Å²) in [5, 5.41) is 3.38. The molecule has 0 unspecified atom stereocenters. The van der Waals surface area contributed by atoms with Gasteiger partial charge in [0.1, 0.15) is 11.5 Å². The molecule has 3 heteroatoms. The monoisotopic (exact) mass is 270 g/mol. The first-order chi connectivity index (χ1) is 9.54. The van der Waals surface area contributed by atoms with Crippen molar-refractivity contribution in [3.63, 3.8) is 0 Å². The van der Waals surface area contributed by atoms with Gasteiger partial charge in [0, 0.05) is 18.8 Å². The van der Waals surface area contributed by atoms with E-state index in [2.05, 4.69) is 50.1 Å². The van der Waals surface area contributed by atoms with Crippen LogP contribution < -0.4 is 10.1 Å². The molecule has 1 N–H and O–H groups in total. The molecule has 2 aromatic rings. The topological polar surface area (TPSA) is 34.1 Å². The van der Waals surface area contributed by atoms with Gasteiger partial charge in [0.05, 0.1) is 6.20 Å². The van der Waals surface area contributed by atoms with Gasteiger partial charge in [0.15, 0.2) is 0 Å². The molecule has 20 heavy (non-hydrogen) atoms. The van der Waals surface area contributed by atoms with Gasteiger partial charge >= 0.3 is 0 Å². The first-order valence-electron chi connectivity index (χ1n) is 6.97. The third kappa shape index (κ3) is 4.07. The zero-order valence-electron chi connectivity index (χ0n) is 12.6. The highest BCUT2D eigenvalue weighted by molar-refractivity contribution is 5.39. The predicted octanol–water partition coefficient (Wildman–Crippen LogP) is 3.99. The fourth-order valence-electron chi connectivity index (χ4n) is 1.98. The third-order valence-corrected chi connectivity index (χ3v) is 3.04. The lowest BCUT2D eigenvalue weighted by molar-refractivity contribution is 0.474. The van der Waals surface area contributed by atoms with Crippen molar-refractivity contribution in [1.29, 1.82) is 0 Å². The molecule has 0 aliphatic carbocycles. The molecule has 106 valence electrons. The lowest BCUT2D eigenvalue weighted by atomic mass is 10.1. The largest absolute Gasteiger partial charge is 0.455 e. The van der Waals surface area contributed by atoms with Crippen LogP contribution in [0.4, 0.5) is 0 Å². The Balaban J connectivity index is 2.11. The molecule has 0 aliphatic heterocycles. The number of nitrogens with zero attached hydrogens (tertiary/aromatic N) is 1. The maximum atomic E-state index is 5.92. The summed E-state index contributed by atoms with van der Waals surface area (Å²) in [4.78, 5) is 4.24. The van der Waals surface area contributed by atoms with Gasteiger partial charge in [-0.05, 0) is 37.1 Å². The number of aromatic nitrogens is 1. The second-order valence-corrected chi connectivity index (χ2v) is 5.44. The number of pyridine rings is 1. The van der Waals surface area contributed by atoms with E-state index >= 15 is 0 Å². The van der Waals surface area contributed by atoms with Crippen molar-refractivity contribution in [2.45, 2.75) is 40.3 Å². The molecule has 0 spiro atoms. The van der Waals surface area contributed by atoms with Crippen LogP contribution in [-0.2, 0) is 6.54 Å². The van der Waals surface area contributed by atoms with E-state index < -0.39 is 0 Å². The van der Waals surface area contributed by atoms with Crippen molar-refractivity contribution in [2.24, 2.45) is 0 Å². The van der Waals surface area contributed by atoms with E-state index in [4.69, 9.17) is 4.74 Å². The van der Waals surface area contributed by atoms with Gasteiger partial charge in [-0.15, -0.1) is 0 Å². The molecule has 0 radical (unpaired) electrons. The summed E-state index contributed by atoms with van der Waals surface area (Å²) in [5.74, 6) is 1.66. The fourth-order valence-corrected chi connectivity index (χ4v) is 1.98. The first kappa shape index (κ1) is 14.5. The van der Waals surface area contributed by atoms with Crippen LogP contribution >= 0.6 is 0 Å². The summed E-state index contributed by atoms with van der Waals surface area (Å²) in [6, 6.07) is 8.66. The quantitative estimate of drug-likeness (QED) is 0.892. The van der Waals surface area contributed by atoms with Crippen LogP contribution in [0.1, 0.15) is 30.5 Å². The Kier molecular flexibility index (Phi) is 4.74. The minimum absolute atomic E-state index is 0.457. The van der Waals surface area contributed by atoms with Gasteiger partial charge in [0.25, 0.3) is 0 Å². The number of rotatable bonds is 5. The standard InChI is InChI=1S/C17H22N2O/c1-12(2)19-10-15-8-16(11-18-9-15)20-17-6-5-13(3)7-14(17)4/h5-9,11-12,19H,10H2,1-4H3.